The number of aromatic nitrogens is 2. The van der Waals surface area contributed by atoms with Crippen molar-refractivity contribution in [3.05, 3.63) is 54.0 Å². The molecular weight excluding hydrogens is 404 g/mol. The van der Waals surface area contributed by atoms with Gasteiger partial charge in [-0.15, -0.1) is 0 Å². The molecule has 3 amide bonds. The summed E-state index contributed by atoms with van der Waals surface area (Å²) in [6.45, 7) is 3.16. The van der Waals surface area contributed by atoms with Gasteiger partial charge in [0.05, 0.1) is 0 Å². The van der Waals surface area contributed by atoms with Crippen molar-refractivity contribution in [2.24, 2.45) is 0 Å². The third-order valence-corrected chi connectivity index (χ3v) is 6.58. The third-order valence-electron chi connectivity index (χ3n) is 6.58. The normalized spacial score (nSPS) is 19.2. The second-order valence-corrected chi connectivity index (χ2v) is 8.75. The van der Waals surface area contributed by atoms with Crippen LogP contribution in [-0.2, 0) is 14.4 Å². The standard InChI is InChI=1S/C25H26N4O3/c1-16-4-5-20-19(13-16)24(17-8-10-26-11-9-17)25(27-20)18-3-2-12-28(14-18)23(32)15-29-21(30)6-7-22(29)31/h4-5,8-11,13,18,27H,2-3,6-7,12,14-15H2,1H3/t18-/m0/s1. The monoisotopic (exact) mass is 430 g/mol. The first-order chi connectivity index (χ1) is 15.5. The molecule has 4 heterocycles. The van der Waals surface area contributed by atoms with E-state index in [-0.39, 0.29) is 43.0 Å². The van der Waals surface area contributed by atoms with Gasteiger partial charge < -0.3 is 9.88 Å². The first-order valence-corrected chi connectivity index (χ1v) is 11.1. The molecule has 0 bridgehead atoms. The van der Waals surface area contributed by atoms with Crippen LogP contribution in [-0.4, -0.2) is 57.1 Å². The number of benzene rings is 1. The van der Waals surface area contributed by atoms with Crippen LogP contribution in [0.1, 0.15) is 42.9 Å². The lowest BCUT2D eigenvalue weighted by molar-refractivity contribution is -0.146. The molecule has 0 spiro atoms. The molecule has 3 aromatic rings. The molecule has 5 rings (SSSR count). The van der Waals surface area contributed by atoms with Crippen LogP contribution >= 0.6 is 0 Å². The maximum Gasteiger partial charge on any atom is 0.242 e. The number of rotatable bonds is 4. The number of carbonyl (C=O) groups excluding carboxylic acids is 3. The van der Waals surface area contributed by atoms with Crippen molar-refractivity contribution in [3.8, 4) is 11.1 Å². The van der Waals surface area contributed by atoms with Gasteiger partial charge in [-0.05, 0) is 49.6 Å². The molecule has 164 valence electrons. The number of imide groups is 1. The predicted octanol–water partition coefficient (Wildman–Crippen LogP) is 3.39. The van der Waals surface area contributed by atoms with Gasteiger partial charge in [0, 0.05) is 66.4 Å². The molecule has 0 radical (unpaired) electrons. The molecule has 2 aromatic heterocycles. The quantitative estimate of drug-likeness (QED) is 0.643. The van der Waals surface area contributed by atoms with E-state index in [2.05, 4.69) is 35.1 Å². The number of hydrogen-bond donors (Lipinski definition) is 1. The van der Waals surface area contributed by atoms with E-state index in [0.717, 1.165) is 40.1 Å². The van der Waals surface area contributed by atoms with Crippen molar-refractivity contribution in [2.75, 3.05) is 19.6 Å². The van der Waals surface area contributed by atoms with Gasteiger partial charge in [0.25, 0.3) is 0 Å². The van der Waals surface area contributed by atoms with Gasteiger partial charge in [-0.2, -0.15) is 0 Å². The number of fused-ring (bicyclic) bond motifs is 1. The van der Waals surface area contributed by atoms with Crippen molar-refractivity contribution in [1.29, 1.82) is 0 Å². The summed E-state index contributed by atoms with van der Waals surface area (Å²) in [5.74, 6) is -0.505. The molecule has 0 unspecified atom stereocenters. The van der Waals surface area contributed by atoms with Crippen molar-refractivity contribution >= 4 is 28.6 Å². The Morgan fingerprint density at radius 2 is 1.88 bits per heavy atom. The second kappa shape index (κ2) is 8.22. The van der Waals surface area contributed by atoms with Gasteiger partial charge in [0.15, 0.2) is 0 Å². The molecule has 1 N–H and O–H groups in total. The van der Waals surface area contributed by atoms with Crippen molar-refractivity contribution in [3.63, 3.8) is 0 Å². The SMILES string of the molecule is Cc1ccc2[nH]c([C@H]3CCCN(C(=O)CN4C(=O)CCC4=O)C3)c(-c3ccncc3)c2c1. The Morgan fingerprint density at radius 1 is 1.12 bits per heavy atom. The number of H-pyrrole nitrogens is 1. The second-order valence-electron chi connectivity index (χ2n) is 8.75. The maximum absolute atomic E-state index is 13.0. The summed E-state index contributed by atoms with van der Waals surface area (Å²) < 4.78 is 0. The maximum atomic E-state index is 13.0. The number of nitrogens with one attached hydrogen (secondary N) is 1. The van der Waals surface area contributed by atoms with Crippen LogP contribution < -0.4 is 0 Å². The summed E-state index contributed by atoms with van der Waals surface area (Å²) in [7, 11) is 0. The molecule has 7 heteroatoms. The van der Waals surface area contributed by atoms with E-state index in [1.54, 1.807) is 17.3 Å². The zero-order valence-electron chi connectivity index (χ0n) is 18.1. The fraction of sp³-hybridized carbons (Fsp3) is 0.360. The first-order valence-electron chi connectivity index (χ1n) is 11.1. The van der Waals surface area contributed by atoms with Gasteiger partial charge >= 0.3 is 0 Å². The van der Waals surface area contributed by atoms with Crippen LogP contribution in [0.5, 0.6) is 0 Å². The molecule has 32 heavy (non-hydrogen) atoms. The molecule has 1 aromatic carbocycles. The Morgan fingerprint density at radius 3 is 2.62 bits per heavy atom. The summed E-state index contributed by atoms with van der Waals surface area (Å²) in [6, 6.07) is 10.4. The highest BCUT2D eigenvalue weighted by Gasteiger charge is 2.34. The van der Waals surface area contributed by atoms with Crippen molar-refractivity contribution < 1.29 is 14.4 Å². The lowest BCUT2D eigenvalue weighted by atomic mass is 9.89. The number of likely N-dealkylation sites (tertiary alicyclic amines) is 2. The molecule has 1 atom stereocenters. The number of hydrogen-bond acceptors (Lipinski definition) is 4. The number of carbonyl (C=O) groups is 3. The third kappa shape index (κ3) is 3.68. The van der Waals surface area contributed by atoms with Crippen molar-refractivity contribution in [2.45, 2.75) is 38.5 Å². The molecule has 0 aliphatic carbocycles. The number of pyridine rings is 1. The van der Waals surface area contributed by atoms with E-state index in [9.17, 15) is 14.4 Å². The highest BCUT2D eigenvalue weighted by atomic mass is 16.2. The highest BCUT2D eigenvalue weighted by Crippen LogP contribution is 2.39. The topological polar surface area (TPSA) is 86.4 Å². The molecule has 2 fully saturated rings. The fourth-order valence-corrected chi connectivity index (χ4v) is 4.94. The molecule has 0 saturated carbocycles. The van der Waals surface area contributed by atoms with Crippen LogP contribution in [0.2, 0.25) is 0 Å². The summed E-state index contributed by atoms with van der Waals surface area (Å²) in [5, 5.41) is 1.17. The Bertz CT molecular complexity index is 1180. The highest BCUT2D eigenvalue weighted by molar-refractivity contribution is 6.04. The smallest absolute Gasteiger partial charge is 0.242 e. The van der Waals surface area contributed by atoms with Crippen molar-refractivity contribution in [1.82, 2.24) is 19.8 Å². The van der Waals surface area contributed by atoms with Crippen LogP contribution in [0.4, 0.5) is 0 Å². The minimum Gasteiger partial charge on any atom is -0.358 e. The lowest BCUT2D eigenvalue weighted by Gasteiger charge is -2.33. The summed E-state index contributed by atoms with van der Waals surface area (Å²) in [4.78, 5) is 47.6. The van der Waals surface area contributed by atoms with E-state index < -0.39 is 0 Å². The zero-order valence-corrected chi connectivity index (χ0v) is 18.1. The minimum absolute atomic E-state index is 0.145. The van der Waals surface area contributed by atoms with Gasteiger partial charge in [0.1, 0.15) is 6.54 Å². The molecular formula is C25H26N4O3. The summed E-state index contributed by atoms with van der Waals surface area (Å²) >= 11 is 0. The van der Waals surface area contributed by atoms with E-state index in [1.165, 1.54) is 10.9 Å². The Balaban J connectivity index is 1.46. The number of amides is 3. The Kier molecular flexibility index (Phi) is 5.25. The van der Waals surface area contributed by atoms with E-state index in [4.69, 9.17) is 0 Å². The van der Waals surface area contributed by atoms with Crippen LogP contribution in [0.25, 0.3) is 22.0 Å². The summed E-state index contributed by atoms with van der Waals surface area (Å²) in [5.41, 5.74) is 5.66. The van der Waals surface area contributed by atoms with Crippen LogP contribution in [0, 0.1) is 6.92 Å². The Labute approximate surface area is 186 Å². The zero-order chi connectivity index (χ0) is 22.2. The van der Waals surface area contributed by atoms with Gasteiger partial charge in [-0.1, -0.05) is 11.6 Å². The first kappa shape index (κ1) is 20.4. The average Bonchev–Trinajstić information content (AvgIpc) is 3.34. The number of piperidine rings is 1. The predicted molar refractivity (Wildman–Crippen MR) is 121 cm³/mol. The average molecular weight is 431 g/mol. The van der Waals surface area contributed by atoms with Gasteiger partial charge in [0.2, 0.25) is 17.7 Å². The van der Waals surface area contributed by atoms with E-state index in [1.807, 2.05) is 12.1 Å². The van der Waals surface area contributed by atoms with Gasteiger partial charge in [-0.25, -0.2) is 0 Å². The largest absolute Gasteiger partial charge is 0.358 e. The summed E-state index contributed by atoms with van der Waals surface area (Å²) in [6.07, 6.45) is 5.86. The fourth-order valence-electron chi connectivity index (χ4n) is 4.94. The van der Waals surface area contributed by atoms with E-state index in [0.29, 0.717) is 13.1 Å². The number of aromatic amines is 1. The number of aryl methyl sites for hydroxylation is 1. The molecule has 7 nitrogen and oxygen atoms in total. The Hall–Kier alpha value is -3.48. The van der Waals surface area contributed by atoms with Crippen LogP contribution in [0.3, 0.4) is 0 Å². The van der Waals surface area contributed by atoms with E-state index >= 15 is 0 Å². The minimum atomic E-state index is -0.247. The van der Waals surface area contributed by atoms with Crippen LogP contribution in [0.15, 0.2) is 42.7 Å². The lowest BCUT2D eigenvalue weighted by Crippen LogP contribution is -2.46. The molecule has 2 saturated heterocycles. The number of nitrogens with zero attached hydrogens (tertiary/aromatic N) is 3. The molecule has 2 aliphatic rings. The molecule has 2 aliphatic heterocycles. The van der Waals surface area contributed by atoms with Gasteiger partial charge in [-0.3, -0.25) is 24.3 Å².